The number of aromatic nitrogens is 2. The lowest BCUT2D eigenvalue weighted by Crippen LogP contribution is -2.35. The fourth-order valence-corrected chi connectivity index (χ4v) is 4.58. The van der Waals surface area contributed by atoms with E-state index >= 15 is 0 Å². The molecule has 37 heavy (non-hydrogen) atoms. The number of epoxide rings is 1. The summed E-state index contributed by atoms with van der Waals surface area (Å²) in [4.78, 5) is 24.0. The first-order valence-electron chi connectivity index (χ1n) is 12.6. The van der Waals surface area contributed by atoms with Gasteiger partial charge in [0.05, 0.1) is 30.5 Å². The number of ether oxygens (including phenoxy) is 5. The molecule has 3 aliphatic rings. The van der Waals surface area contributed by atoms with Gasteiger partial charge in [-0.15, -0.1) is 0 Å². The molecule has 3 aromatic rings. The topological polar surface area (TPSA) is 108 Å². The predicted molar refractivity (Wildman–Crippen MR) is 136 cm³/mol. The van der Waals surface area contributed by atoms with Crippen molar-refractivity contribution >= 4 is 28.2 Å². The van der Waals surface area contributed by atoms with Crippen LogP contribution in [0, 0.1) is 0 Å². The number of hydrogen-bond acceptors (Lipinski definition) is 10. The van der Waals surface area contributed by atoms with Gasteiger partial charge in [-0.05, 0) is 44.5 Å². The van der Waals surface area contributed by atoms with Crippen LogP contribution in [-0.2, 0) is 16.1 Å². The summed E-state index contributed by atoms with van der Waals surface area (Å²) in [6, 6.07) is 7.45. The number of nitrogens with one attached hydrogen (secondary N) is 1. The van der Waals surface area contributed by atoms with Crippen molar-refractivity contribution in [1.29, 1.82) is 0 Å². The third-order valence-corrected chi connectivity index (χ3v) is 7.02. The van der Waals surface area contributed by atoms with Crippen LogP contribution < -0.4 is 24.3 Å². The smallest absolute Gasteiger partial charge is 0.231 e. The van der Waals surface area contributed by atoms with E-state index in [-0.39, 0.29) is 24.7 Å². The molecule has 0 unspecified atom stereocenters. The second-order valence-corrected chi connectivity index (χ2v) is 9.63. The molecule has 0 aliphatic carbocycles. The quantitative estimate of drug-likeness (QED) is 0.527. The van der Waals surface area contributed by atoms with Gasteiger partial charge in [0.1, 0.15) is 30.6 Å². The van der Waals surface area contributed by atoms with E-state index in [1.807, 2.05) is 38.2 Å². The highest BCUT2D eigenvalue weighted by Crippen LogP contribution is 2.44. The zero-order chi connectivity index (χ0) is 25.4. The maximum Gasteiger partial charge on any atom is 0.231 e. The van der Waals surface area contributed by atoms with Gasteiger partial charge in [-0.1, -0.05) is 6.07 Å². The maximum atomic E-state index is 12.9. The highest BCUT2D eigenvalue weighted by molar-refractivity contribution is 5.94. The highest BCUT2D eigenvalue weighted by Gasteiger charge is 2.26. The van der Waals surface area contributed by atoms with Gasteiger partial charge in [0.25, 0.3) is 0 Å². The second-order valence-electron chi connectivity index (χ2n) is 9.63. The number of nitrogens with zero attached hydrogens (tertiary/aromatic N) is 3. The van der Waals surface area contributed by atoms with E-state index in [1.165, 1.54) is 6.33 Å². The van der Waals surface area contributed by atoms with Crippen molar-refractivity contribution in [2.75, 3.05) is 39.0 Å². The van der Waals surface area contributed by atoms with Crippen molar-refractivity contribution in [3.63, 3.8) is 0 Å². The molecule has 0 spiro atoms. The third-order valence-electron chi connectivity index (χ3n) is 7.02. The number of carbonyl (C=O) groups is 1. The fourth-order valence-electron chi connectivity index (χ4n) is 4.58. The van der Waals surface area contributed by atoms with Crippen LogP contribution in [0.3, 0.4) is 0 Å². The number of anilines is 2. The molecule has 6 rings (SSSR count). The molecule has 1 N–H and O–H groups in total. The van der Waals surface area contributed by atoms with E-state index in [0.29, 0.717) is 61.6 Å². The molecule has 3 aliphatic heterocycles. The van der Waals surface area contributed by atoms with Crippen LogP contribution in [0.4, 0.5) is 11.5 Å². The molecule has 1 saturated heterocycles. The van der Waals surface area contributed by atoms with E-state index in [0.717, 1.165) is 35.0 Å². The van der Waals surface area contributed by atoms with Crippen molar-refractivity contribution in [1.82, 2.24) is 14.9 Å². The standard InChI is InChI=1S/C27H30N4O6/c1-16-21(32)5-3-4-8-33-23-9-19-20(10-24(23)35-13-18-12-34-18)28-14-29-27(19)30-25-17(11-31(16)2)6-7-22-26(25)37-15-36-22/h6-7,9-10,14,16,18H,3-5,8,11-13,15H2,1-2H3,(H,28,29,30)/t16-,18-/m0/s1. The molecule has 2 atom stereocenters. The summed E-state index contributed by atoms with van der Waals surface area (Å²) in [5, 5.41) is 4.27. The van der Waals surface area contributed by atoms with Crippen LogP contribution in [0.1, 0.15) is 31.7 Å². The number of ketones is 1. The molecule has 4 heterocycles. The monoisotopic (exact) mass is 506 g/mol. The highest BCUT2D eigenvalue weighted by atomic mass is 16.7. The van der Waals surface area contributed by atoms with E-state index in [2.05, 4.69) is 20.2 Å². The predicted octanol–water partition coefficient (Wildman–Crippen LogP) is 3.83. The van der Waals surface area contributed by atoms with Crippen LogP contribution in [0.5, 0.6) is 23.0 Å². The average Bonchev–Trinajstić information content (AvgIpc) is 3.61. The Hall–Kier alpha value is -3.63. The third kappa shape index (κ3) is 4.99. The molecule has 10 heteroatoms. The summed E-state index contributed by atoms with van der Waals surface area (Å²) in [5.74, 6) is 3.31. The largest absolute Gasteiger partial charge is 0.490 e. The molecule has 2 aromatic carbocycles. The minimum absolute atomic E-state index is 0.115. The minimum atomic E-state index is -0.227. The van der Waals surface area contributed by atoms with Crippen LogP contribution in [0.2, 0.25) is 0 Å². The summed E-state index contributed by atoms with van der Waals surface area (Å²) >= 11 is 0. The lowest BCUT2D eigenvalue weighted by molar-refractivity contribution is -0.123. The molecular weight excluding hydrogens is 476 g/mol. The Morgan fingerprint density at radius 2 is 2.03 bits per heavy atom. The van der Waals surface area contributed by atoms with Gasteiger partial charge >= 0.3 is 0 Å². The van der Waals surface area contributed by atoms with Gasteiger partial charge in [0.15, 0.2) is 23.0 Å². The van der Waals surface area contributed by atoms with E-state index in [9.17, 15) is 4.79 Å². The van der Waals surface area contributed by atoms with E-state index < -0.39 is 0 Å². The number of hydrogen-bond donors (Lipinski definition) is 1. The van der Waals surface area contributed by atoms with Crippen molar-refractivity contribution in [3.05, 3.63) is 36.2 Å². The van der Waals surface area contributed by atoms with Crippen molar-refractivity contribution in [2.45, 2.75) is 44.9 Å². The molecule has 194 valence electrons. The van der Waals surface area contributed by atoms with Crippen molar-refractivity contribution < 1.29 is 28.5 Å². The maximum absolute atomic E-state index is 12.9. The molecule has 10 nitrogen and oxygen atoms in total. The second kappa shape index (κ2) is 10.0. The Labute approximate surface area is 214 Å². The van der Waals surface area contributed by atoms with Gasteiger partial charge in [-0.25, -0.2) is 9.97 Å². The Kier molecular flexibility index (Phi) is 6.43. The van der Waals surface area contributed by atoms with Crippen LogP contribution in [0.15, 0.2) is 30.6 Å². The lowest BCUT2D eigenvalue weighted by atomic mass is 10.0. The molecular formula is C27H30N4O6. The molecule has 0 amide bonds. The Balaban J connectivity index is 1.44. The molecule has 0 radical (unpaired) electrons. The van der Waals surface area contributed by atoms with Crippen LogP contribution >= 0.6 is 0 Å². The van der Waals surface area contributed by atoms with Gasteiger partial charge in [-0.2, -0.15) is 0 Å². The summed E-state index contributed by atoms with van der Waals surface area (Å²) in [6.07, 6.45) is 3.64. The summed E-state index contributed by atoms with van der Waals surface area (Å²) in [6.45, 7) is 4.27. The number of likely N-dealkylation sites (N-methyl/N-ethyl adjacent to an activating group) is 1. The van der Waals surface area contributed by atoms with Gasteiger partial charge in [0.2, 0.25) is 6.79 Å². The Bertz CT molecular complexity index is 1330. The number of rotatable bonds is 3. The fraction of sp³-hybridized carbons (Fsp3) is 0.444. The zero-order valence-electron chi connectivity index (χ0n) is 21.0. The zero-order valence-corrected chi connectivity index (χ0v) is 21.0. The first kappa shape index (κ1) is 23.7. The van der Waals surface area contributed by atoms with Crippen molar-refractivity contribution in [2.24, 2.45) is 0 Å². The molecule has 0 saturated carbocycles. The summed E-state index contributed by atoms with van der Waals surface area (Å²) in [5.41, 5.74) is 2.44. The van der Waals surface area contributed by atoms with Gasteiger partial charge in [0, 0.05) is 24.4 Å². The van der Waals surface area contributed by atoms with Crippen LogP contribution in [-0.4, -0.2) is 66.5 Å². The lowest BCUT2D eigenvalue weighted by Gasteiger charge is -2.25. The molecule has 1 aromatic heterocycles. The van der Waals surface area contributed by atoms with Crippen molar-refractivity contribution in [3.8, 4) is 23.0 Å². The van der Waals surface area contributed by atoms with Crippen LogP contribution in [0.25, 0.3) is 10.9 Å². The summed E-state index contributed by atoms with van der Waals surface area (Å²) in [7, 11) is 1.96. The average molecular weight is 507 g/mol. The molecule has 1 fully saturated rings. The van der Waals surface area contributed by atoms with Gasteiger partial charge in [-0.3, -0.25) is 9.69 Å². The number of benzene rings is 2. The minimum Gasteiger partial charge on any atom is -0.490 e. The summed E-state index contributed by atoms with van der Waals surface area (Å²) < 4.78 is 29.0. The number of Topliss-reactive ketones (excluding diaryl/α,β-unsaturated/α-hetero) is 1. The Morgan fingerprint density at radius 3 is 2.89 bits per heavy atom. The molecule has 2 bridgehead atoms. The first-order chi connectivity index (χ1) is 18.1. The first-order valence-corrected chi connectivity index (χ1v) is 12.6. The number of carbonyl (C=O) groups excluding carboxylic acids is 1. The Morgan fingerprint density at radius 1 is 1.14 bits per heavy atom. The van der Waals surface area contributed by atoms with Gasteiger partial charge < -0.3 is 29.0 Å². The van der Waals surface area contributed by atoms with E-state index in [4.69, 9.17) is 23.7 Å². The SMILES string of the molecule is C[C@H]1C(=O)CCCCOc2cc3c(ncnc3cc2OC[C@@H]2CO2)Nc2c(ccc3c2OCO3)CN1C. The van der Waals surface area contributed by atoms with E-state index in [1.54, 1.807) is 0 Å². The normalized spacial score (nSPS) is 21.8. The number of fused-ring (bicyclic) bond motifs is 4.